The first-order valence-electron chi connectivity index (χ1n) is 7.74. The van der Waals surface area contributed by atoms with Crippen molar-refractivity contribution in [3.63, 3.8) is 0 Å². The maximum Gasteiger partial charge on any atom is 0.250 e. The van der Waals surface area contributed by atoms with E-state index in [4.69, 9.17) is 9.47 Å². The highest BCUT2D eigenvalue weighted by molar-refractivity contribution is 5.27. The van der Waals surface area contributed by atoms with Crippen molar-refractivity contribution in [3.05, 3.63) is 33.7 Å². The van der Waals surface area contributed by atoms with E-state index in [0.29, 0.717) is 32.4 Å². The van der Waals surface area contributed by atoms with Crippen LogP contribution in [0.5, 0.6) is 0 Å². The summed E-state index contributed by atoms with van der Waals surface area (Å²) in [4.78, 5) is 12.1. The Kier molecular flexibility index (Phi) is 6.42. The van der Waals surface area contributed by atoms with Crippen LogP contribution in [-0.4, -0.2) is 38.5 Å². The summed E-state index contributed by atoms with van der Waals surface area (Å²) in [7, 11) is 3.67. The van der Waals surface area contributed by atoms with Gasteiger partial charge in [-0.2, -0.15) is 0 Å². The topological polar surface area (TPSA) is 52.5 Å². The zero-order valence-corrected chi connectivity index (χ0v) is 13.1. The van der Waals surface area contributed by atoms with Crippen molar-refractivity contribution in [2.75, 3.05) is 34.0 Å². The first-order valence-corrected chi connectivity index (χ1v) is 7.74. The molecule has 0 bridgehead atoms. The number of nitrogens with zero attached hydrogens (tertiary/aromatic N) is 1. The molecule has 0 aromatic carbocycles. The average Bonchev–Trinajstić information content (AvgIpc) is 2.51. The molecule has 0 spiro atoms. The van der Waals surface area contributed by atoms with Gasteiger partial charge in [-0.15, -0.1) is 0 Å². The first kappa shape index (κ1) is 16.2. The molecular weight excluding hydrogens is 268 g/mol. The quantitative estimate of drug-likeness (QED) is 0.738. The van der Waals surface area contributed by atoms with Gasteiger partial charge in [0.25, 0.3) is 5.56 Å². The third-order valence-electron chi connectivity index (χ3n) is 4.06. The third-order valence-corrected chi connectivity index (χ3v) is 4.06. The summed E-state index contributed by atoms with van der Waals surface area (Å²) in [5, 5.41) is 3.34. The molecule has 1 unspecified atom stereocenters. The summed E-state index contributed by atoms with van der Waals surface area (Å²) in [5.74, 6) is 0. The Labute approximate surface area is 126 Å². The normalized spacial score (nSPS) is 17.7. The van der Waals surface area contributed by atoms with E-state index in [-0.39, 0.29) is 5.56 Å². The molecule has 0 aliphatic heterocycles. The Hall–Kier alpha value is -1.17. The van der Waals surface area contributed by atoms with Crippen LogP contribution in [0.1, 0.15) is 36.6 Å². The van der Waals surface area contributed by atoms with Crippen LogP contribution in [0.4, 0.5) is 0 Å². The lowest BCUT2D eigenvalue weighted by atomic mass is 9.91. The molecule has 118 valence electrons. The number of ether oxygens (including phenoxy) is 2. The van der Waals surface area contributed by atoms with Gasteiger partial charge in [0.2, 0.25) is 0 Å². The van der Waals surface area contributed by atoms with Crippen molar-refractivity contribution in [2.24, 2.45) is 0 Å². The van der Waals surface area contributed by atoms with Gasteiger partial charge in [-0.1, -0.05) is 6.07 Å². The van der Waals surface area contributed by atoms with Gasteiger partial charge in [0.15, 0.2) is 0 Å². The zero-order valence-electron chi connectivity index (χ0n) is 13.1. The lowest BCUT2D eigenvalue weighted by molar-refractivity contribution is 0.0967. The summed E-state index contributed by atoms with van der Waals surface area (Å²) >= 11 is 0. The molecule has 5 nitrogen and oxygen atoms in total. The smallest absolute Gasteiger partial charge is 0.250 e. The van der Waals surface area contributed by atoms with Crippen LogP contribution in [0.15, 0.2) is 16.9 Å². The maximum atomic E-state index is 12.1. The van der Waals surface area contributed by atoms with Gasteiger partial charge in [0.05, 0.1) is 6.61 Å². The van der Waals surface area contributed by atoms with Gasteiger partial charge in [-0.05, 0) is 38.3 Å². The van der Waals surface area contributed by atoms with E-state index in [1.54, 1.807) is 13.2 Å². The van der Waals surface area contributed by atoms with E-state index in [0.717, 1.165) is 25.7 Å². The SMILES string of the molecule is CNC1CCCc2c1ccc(=O)n2CCOCCCOC. The zero-order chi connectivity index (χ0) is 15.1. The lowest BCUT2D eigenvalue weighted by Crippen LogP contribution is -2.31. The van der Waals surface area contributed by atoms with E-state index in [1.165, 1.54) is 11.3 Å². The number of methoxy groups -OCH3 is 1. The van der Waals surface area contributed by atoms with Crippen molar-refractivity contribution in [3.8, 4) is 0 Å². The number of nitrogens with one attached hydrogen (secondary N) is 1. The second kappa shape index (κ2) is 8.32. The fourth-order valence-electron chi connectivity index (χ4n) is 2.97. The molecule has 0 saturated carbocycles. The summed E-state index contributed by atoms with van der Waals surface area (Å²) in [5.41, 5.74) is 2.52. The number of fused-ring (bicyclic) bond motifs is 1. The highest BCUT2D eigenvalue weighted by Crippen LogP contribution is 2.28. The Balaban J connectivity index is 2.00. The molecule has 0 saturated heterocycles. The highest BCUT2D eigenvalue weighted by atomic mass is 16.5. The average molecular weight is 294 g/mol. The van der Waals surface area contributed by atoms with Gasteiger partial charge in [-0.25, -0.2) is 0 Å². The van der Waals surface area contributed by atoms with Crippen molar-refractivity contribution in [1.82, 2.24) is 9.88 Å². The van der Waals surface area contributed by atoms with Crippen LogP contribution < -0.4 is 10.9 Å². The number of hydrogen-bond donors (Lipinski definition) is 1. The van der Waals surface area contributed by atoms with E-state index in [2.05, 4.69) is 5.32 Å². The van der Waals surface area contributed by atoms with Crippen LogP contribution in [0.3, 0.4) is 0 Å². The van der Waals surface area contributed by atoms with Crippen LogP contribution in [-0.2, 0) is 22.4 Å². The maximum absolute atomic E-state index is 12.1. The van der Waals surface area contributed by atoms with E-state index in [1.807, 2.05) is 17.7 Å². The number of aromatic nitrogens is 1. The third kappa shape index (κ3) is 4.15. The van der Waals surface area contributed by atoms with Gasteiger partial charge in [-0.3, -0.25) is 4.79 Å². The monoisotopic (exact) mass is 294 g/mol. The molecule has 0 fully saturated rings. The fraction of sp³-hybridized carbons (Fsp3) is 0.688. The molecule has 1 heterocycles. The van der Waals surface area contributed by atoms with Crippen molar-refractivity contribution in [1.29, 1.82) is 0 Å². The van der Waals surface area contributed by atoms with Crippen molar-refractivity contribution < 1.29 is 9.47 Å². The van der Waals surface area contributed by atoms with Crippen LogP contribution in [0, 0.1) is 0 Å². The van der Waals surface area contributed by atoms with Crippen LogP contribution >= 0.6 is 0 Å². The summed E-state index contributed by atoms with van der Waals surface area (Å²) in [6.45, 7) is 2.59. The second-order valence-corrected chi connectivity index (χ2v) is 5.42. The number of rotatable bonds is 8. The molecule has 2 rings (SSSR count). The van der Waals surface area contributed by atoms with E-state index in [9.17, 15) is 4.79 Å². The fourth-order valence-corrected chi connectivity index (χ4v) is 2.97. The largest absolute Gasteiger partial charge is 0.385 e. The van der Waals surface area contributed by atoms with Crippen LogP contribution in [0.2, 0.25) is 0 Å². The molecular formula is C16H26N2O3. The Bertz CT molecular complexity index is 499. The molecule has 1 aromatic heterocycles. The molecule has 1 aromatic rings. The van der Waals surface area contributed by atoms with Crippen molar-refractivity contribution >= 4 is 0 Å². The van der Waals surface area contributed by atoms with Crippen molar-refractivity contribution in [2.45, 2.75) is 38.3 Å². The molecule has 1 aliphatic rings. The predicted octanol–water partition coefficient (Wildman–Crippen LogP) is 1.50. The molecule has 1 N–H and O–H groups in total. The molecule has 1 atom stereocenters. The van der Waals surface area contributed by atoms with Gasteiger partial charge < -0.3 is 19.4 Å². The Morgan fingerprint density at radius 2 is 2.19 bits per heavy atom. The highest BCUT2D eigenvalue weighted by Gasteiger charge is 2.21. The summed E-state index contributed by atoms with van der Waals surface area (Å²) < 4.78 is 12.4. The molecule has 5 heteroatoms. The molecule has 21 heavy (non-hydrogen) atoms. The lowest BCUT2D eigenvalue weighted by Gasteiger charge is -2.27. The minimum Gasteiger partial charge on any atom is -0.385 e. The minimum atomic E-state index is 0.0750. The molecule has 0 amide bonds. The Morgan fingerprint density at radius 1 is 1.33 bits per heavy atom. The van der Waals surface area contributed by atoms with E-state index < -0.39 is 0 Å². The second-order valence-electron chi connectivity index (χ2n) is 5.42. The van der Waals surface area contributed by atoms with Gasteiger partial charge >= 0.3 is 0 Å². The van der Waals surface area contributed by atoms with E-state index >= 15 is 0 Å². The molecule has 1 aliphatic carbocycles. The number of hydrogen-bond acceptors (Lipinski definition) is 4. The summed E-state index contributed by atoms with van der Waals surface area (Å²) in [6, 6.07) is 4.02. The number of pyridine rings is 1. The van der Waals surface area contributed by atoms with Crippen LogP contribution in [0.25, 0.3) is 0 Å². The Morgan fingerprint density at radius 3 is 2.95 bits per heavy atom. The summed E-state index contributed by atoms with van der Waals surface area (Å²) in [6.07, 6.45) is 4.12. The minimum absolute atomic E-state index is 0.0750. The predicted molar refractivity (Wildman–Crippen MR) is 82.8 cm³/mol. The standard InChI is InChI=1S/C16H26N2O3/c1-17-14-5-3-6-15-13(14)7-8-16(19)18(15)9-12-21-11-4-10-20-2/h7-8,14,17H,3-6,9-12H2,1-2H3. The first-order chi connectivity index (χ1) is 10.3. The van der Waals surface area contributed by atoms with Gasteiger partial charge in [0, 0.05) is 44.7 Å². The molecule has 0 radical (unpaired) electrons. The van der Waals surface area contributed by atoms with Gasteiger partial charge in [0.1, 0.15) is 0 Å².